The smallest absolute Gasteiger partial charge is 0.243 e. The average molecular weight is 481 g/mol. The summed E-state index contributed by atoms with van der Waals surface area (Å²) in [6.07, 6.45) is 4.93. The number of nitrogens with zero attached hydrogens (tertiary/aromatic N) is 1. The third kappa shape index (κ3) is 6.66. The molecule has 0 aromatic heterocycles. The molecule has 0 aliphatic carbocycles. The second kappa shape index (κ2) is 12.4. The van der Waals surface area contributed by atoms with Gasteiger partial charge in [-0.15, -0.1) is 35.9 Å². The molecule has 0 saturated carbocycles. The summed E-state index contributed by atoms with van der Waals surface area (Å²) in [5, 5.41) is 14.8. The van der Waals surface area contributed by atoms with Gasteiger partial charge in [0, 0.05) is 43.4 Å². The largest absolute Gasteiger partial charge is 0.354 e. The van der Waals surface area contributed by atoms with E-state index in [-0.39, 0.29) is 52.6 Å². The quantitative estimate of drug-likeness (QED) is 0.236. The Morgan fingerprint density at radius 1 is 1.10 bits per heavy atom. The summed E-state index contributed by atoms with van der Waals surface area (Å²) in [4.78, 5) is 39.0. The number of unbranched alkanes of at least 4 members (excludes halogenated alkanes) is 2. The highest BCUT2D eigenvalue weighted by Gasteiger charge is 2.51. The zero-order valence-corrected chi connectivity index (χ0v) is 19.6. The van der Waals surface area contributed by atoms with Gasteiger partial charge in [0.15, 0.2) is 0 Å². The number of hydroxylamine groups is 1. The number of carbonyl (C=O) groups is 3. The maximum atomic E-state index is 13.2. The van der Waals surface area contributed by atoms with E-state index in [1.54, 1.807) is 5.48 Å². The molecule has 0 unspecified atom stereocenters. The van der Waals surface area contributed by atoms with E-state index in [0.29, 0.717) is 19.5 Å². The maximum absolute atomic E-state index is 13.2. The molecule has 3 aliphatic rings. The number of nitrogens with one attached hydrogen (secondary N) is 3. The Morgan fingerprint density at radius 2 is 1.80 bits per heavy atom. The predicted molar refractivity (Wildman–Crippen MR) is 122 cm³/mol. The average Bonchev–Trinajstić information content (AvgIpc) is 3.37. The number of carbonyl (C=O) groups excluding carboxylic acids is 3. The van der Waals surface area contributed by atoms with Crippen LogP contribution in [0.2, 0.25) is 0 Å². The Kier molecular flexibility index (Phi) is 10.6. The molecule has 0 radical (unpaired) electrons. The SMILES string of the molecule is Cl.O=C(CCCCCNC(=O)[C@@H]1CC2(CN1C(=O)C1CCNCC1)SCCS2)NO. The van der Waals surface area contributed by atoms with Gasteiger partial charge in [-0.3, -0.25) is 19.6 Å². The highest BCUT2D eigenvalue weighted by Crippen LogP contribution is 2.52. The van der Waals surface area contributed by atoms with Crippen molar-refractivity contribution in [2.75, 3.05) is 37.7 Å². The summed E-state index contributed by atoms with van der Waals surface area (Å²) in [5.74, 6) is 1.89. The molecule has 3 rings (SSSR count). The van der Waals surface area contributed by atoms with Crippen LogP contribution in [0.25, 0.3) is 0 Å². The monoisotopic (exact) mass is 480 g/mol. The summed E-state index contributed by atoms with van der Waals surface area (Å²) >= 11 is 3.80. The van der Waals surface area contributed by atoms with Crippen LogP contribution in [0, 0.1) is 5.92 Å². The molecule has 30 heavy (non-hydrogen) atoms. The summed E-state index contributed by atoms with van der Waals surface area (Å²) in [6.45, 7) is 2.94. The van der Waals surface area contributed by atoms with E-state index in [1.807, 2.05) is 28.4 Å². The lowest BCUT2D eigenvalue weighted by molar-refractivity contribution is -0.142. The number of piperidine rings is 1. The molecule has 0 aromatic rings. The van der Waals surface area contributed by atoms with Crippen LogP contribution in [0.4, 0.5) is 0 Å². The van der Waals surface area contributed by atoms with Gasteiger partial charge in [-0.25, -0.2) is 5.48 Å². The number of likely N-dealkylation sites (tertiary alicyclic amines) is 1. The molecule has 3 heterocycles. The predicted octanol–water partition coefficient (Wildman–Crippen LogP) is 1.37. The van der Waals surface area contributed by atoms with Gasteiger partial charge in [0.2, 0.25) is 17.7 Å². The molecule has 3 saturated heterocycles. The van der Waals surface area contributed by atoms with E-state index in [0.717, 1.165) is 56.7 Å². The zero-order chi connectivity index (χ0) is 20.7. The summed E-state index contributed by atoms with van der Waals surface area (Å²) in [6, 6.07) is -0.379. The molecular formula is C19H33ClN4O4S2. The van der Waals surface area contributed by atoms with Gasteiger partial charge in [-0.1, -0.05) is 6.42 Å². The Balaban J connectivity index is 0.00000320. The van der Waals surface area contributed by atoms with Crippen molar-refractivity contribution in [3.63, 3.8) is 0 Å². The molecule has 1 spiro atoms. The highest BCUT2D eigenvalue weighted by atomic mass is 35.5. The highest BCUT2D eigenvalue weighted by molar-refractivity contribution is 8.21. The van der Waals surface area contributed by atoms with Crippen LogP contribution >= 0.6 is 35.9 Å². The van der Waals surface area contributed by atoms with Gasteiger partial charge in [-0.05, 0) is 38.8 Å². The van der Waals surface area contributed by atoms with Gasteiger partial charge in [-0.2, -0.15) is 0 Å². The van der Waals surface area contributed by atoms with Gasteiger partial charge < -0.3 is 15.5 Å². The molecule has 3 aliphatic heterocycles. The van der Waals surface area contributed by atoms with Gasteiger partial charge in [0.1, 0.15) is 6.04 Å². The fraction of sp³-hybridized carbons (Fsp3) is 0.842. The van der Waals surface area contributed by atoms with Crippen LogP contribution in [0.5, 0.6) is 0 Å². The van der Waals surface area contributed by atoms with E-state index in [1.165, 1.54) is 0 Å². The van der Waals surface area contributed by atoms with E-state index in [9.17, 15) is 14.4 Å². The molecule has 8 nitrogen and oxygen atoms in total. The second-order valence-electron chi connectivity index (χ2n) is 7.95. The molecule has 11 heteroatoms. The first kappa shape index (κ1) is 25.6. The van der Waals surface area contributed by atoms with Crippen LogP contribution in [-0.4, -0.2) is 75.6 Å². The first-order valence-corrected chi connectivity index (χ1v) is 12.5. The van der Waals surface area contributed by atoms with Crippen LogP contribution in [0.15, 0.2) is 0 Å². The fourth-order valence-electron chi connectivity index (χ4n) is 4.29. The standard InChI is InChI=1S/C19H32N4O4S2.ClH/c24-16(22-27)4-2-1-3-7-21-17(25)15-12-19(28-10-11-29-19)13-23(15)18(26)14-5-8-20-9-6-14;/h14-15,20,27H,1-13H2,(H,21,25)(H,22,24);1H/t15-;/m0./s1. The third-order valence-electron chi connectivity index (χ3n) is 5.88. The van der Waals surface area contributed by atoms with Crippen LogP contribution < -0.4 is 16.1 Å². The number of rotatable bonds is 8. The molecule has 4 N–H and O–H groups in total. The molecule has 0 bridgehead atoms. The minimum Gasteiger partial charge on any atom is -0.354 e. The van der Waals surface area contributed by atoms with Crippen LogP contribution in [0.3, 0.4) is 0 Å². The first-order valence-electron chi connectivity index (χ1n) is 10.5. The Labute approximate surface area is 192 Å². The van der Waals surface area contributed by atoms with E-state index in [2.05, 4.69) is 10.6 Å². The number of hydrogen-bond donors (Lipinski definition) is 4. The van der Waals surface area contributed by atoms with Crippen LogP contribution in [-0.2, 0) is 14.4 Å². The van der Waals surface area contributed by atoms with E-state index in [4.69, 9.17) is 5.21 Å². The van der Waals surface area contributed by atoms with Gasteiger partial charge in [0.05, 0.1) is 4.08 Å². The Morgan fingerprint density at radius 3 is 2.47 bits per heavy atom. The normalized spacial score (nSPS) is 23.2. The topological polar surface area (TPSA) is 111 Å². The second-order valence-corrected chi connectivity index (χ2v) is 11.2. The van der Waals surface area contributed by atoms with Crippen molar-refractivity contribution in [2.45, 2.75) is 55.1 Å². The van der Waals surface area contributed by atoms with Crippen molar-refractivity contribution >= 4 is 53.7 Å². The number of hydrogen-bond acceptors (Lipinski definition) is 7. The fourth-order valence-corrected chi connectivity index (χ4v) is 7.54. The summed E-state index contributed by atoms with van der Waals surface area (Å²) < 4.78 is -0.0256. The maximum Gasteiger partial charge on any atom is 0.243 e. The van der Waals surface area contributed by atoms with Crippen molar-refractivity contribution in [3.05, 3.63) is 0 Å². The Bertz CT molecular complexity index is 601. The van der Waals surface area contributed by atoms with Crippen molar-refractivity contribution in [1.29, 1.82) is 0 Å². The Hall–Kier alpha value is -0.680. The van der Waals surface area contributed by atoms with Crippen molar-refractivity contribution < 1.29 is 19.6 Å². The lowest BCUT2D eigenvalue weighted by atomic mass is 9.96. The molecule has 1 atom stereocenters. The van der Waals surface area contributed by atoms with Gasteiger partial charge >= 0.3 is 0 Å². The first-order chi connectivity index (χ1) is 14.0. The van der Waals surface area contributed by atoms with Crippen molar-refractivity contribution in [1.82, 2.24) is 21.0 Å². The van der Waals surface area contributed by atoms with Crippen molar-refractivity contribution in [2.24, 2.45) is 5.92 Å². The summed E-state index contributed by atoms with van der Waals surface area (Å²) in [7, 11) is 0. The molecular weight excluding hydrogens is 448 g/mol. The van der Waals surface area contributed by atoms with Crippen LogP contribution in [0.1, 0.15) is 44.9 Å². The zero-order valence-electron chi connectivity index (χ0n) is 17.2. The lowest BCUT2D eigenvalue weighted by Gasteiger charge is -2.30. The van der Waals surface area contributed by atoms with E-state index < -0.39 is 0 Å². The number of amides is 3. The molecule has 3 fully saturated rings. The number of halogens is 1. The molecule has 172 valence electrons. The number of thioether (sulfide) groups is 2. The minimum absolute atomic E-state index is 0. The lowest BCUT2D eigenvalue weighted by Crippen LogP contribution is -2.49. The third-order valence-corrected chi connectivity index (χ3v) is 9.31. The molecule has 0 aromatic carbocycles. The minimum atomic E-state index is -0.385. The molecule has 3 amide bonds. The van der Waals surface area contributed by atoms with Gasteiger partial charge in [0.25, 0.3) is 0 Å². The summed E-state index contributed by atoms with van der Waals surface area (Å²) in [5.41, 5.74) is 1.62. The van der Waals surface area contributed by atoms with E-state index >= 15 is 0 Å². The van der Waals surface area contributed by atoms with Crippen molar-refractivity contribution in [3.8, 4) is 0 Å².